The zero-order chi connectivity index (χ0) is 10.3. The second-order valence-electron chi connectivity index (χ2n) is 3.52. The minimum atomic E-state index is 0.845. The number of rotatable bonds is 1. The Morgan fingerprint density at radius 2 is 2.07 bits per heavy atom. The first-order chi connectivity index (χ1) is 7.38. The molecule has 0 bridgehead atoms. The highest BCUT2D eigenvalue weighted by atomic mass is 32.2. The van der Waals surface area contributed by atoms with Gasteiger partial charge >= 0.3 is 0 Å². The van der Waals surface area contributed by atoms with Gasteiger partial charge in [0.05, 0.1) is 6.54 Å². The van der Waals surface area contributed by atoms with Crippen LogP contribution in [0.2, 0.25) is 0 Å². The molecule has 0 aromatic heterocycles. The van der Waals surface area contributed by atoms with Crippen LogP contribution in [0.5, 0.6) is 0 Å². The highest BCUT2D eigenvalue weighted by Crippen LogP contribution is 2.38. The lowest BCUT2D eigenvalue weighted by molar-refractivity contribution is 0.363. The molecule has 0 fully saturated rings. The zero-order valence-electron chi connectivity index (χ0n) is 8.10. The van der Waals surface area contributed by atoms with Gasteiger partial charge in [-0.1, -0.05) is 30.3 Å². The van der Waals surface area contributed by atoms with E-state index in [4.69, 9.17) is 5.84 Å². The molecular formula is C11H11N3S. The minimum Gasteiger partial charge on any atom is -0.257 e. The van der Waals surface area contributed by atoms with Crippen molar-refractivity contribution in [1.82, 2.24) is 9.95 Å². The van der Waals surface area contributed by atoms with Gasteiger partial charge < -0.3 is 0 Å². The van der Waals surface area contributed by atoms with Crippen LogP contribution in [0.4, 0.5) is 0 Å². The molecule has 3 N–H and O–H groups in total. The van der Waals surface area contributed by atoms with E-state index in [1.54, 1.807) is 11.9 Å². The van der Waals surface area contributed by atoms with Crippen LogP contribution in [-0.4, -0.2) is 4.41 Å². The van der Waals surface area contributed by atoms with Crippen molar-refractivity contribution in [3.8, 4) is 0 Å². The lowest BCUT2D eigenvalue weighted by Gasteiger charge is -2.08. The molecule has 4 heteroatoms. The van der Waals surface area contributed by atoms with Crippen LogP contribution >= 0.6 is 11.9 Å². The summed E-state index contributed by atoms with van der Waals surface area (Å²) in [4.78, 5) is 1.28. The van der Waals surface area contributed by atoms with Gasteiger partial charge in [-0.05, 0) is 34.4 Å². The SMILES string of the molecule is NNN1Cc2c(ccc3ccccc23)S1. The molecule has 0 saturated carbocycles. The van der Waals surface area contributed by atoms with Gasteiger partial charge in [-0.25, -0.2) is 0 Å². The second-order valence-corrected chi connectivity index (χ2v) is 4.58. The predicted molar refractivity (Wildman–Crippen MR) is 62.7 cm³/mol. The van der Waals surface area contributed by atoms with Gasteiger partial charge in [0.25, 0.3) is 0 Å². The van der Waals surface area contributed by atoms with Crippen LogP contribution in [0, 0.1) is 0 Å². The quantitative estimate of drug-likeness (QED) is 0.436. The molecule has 1 aliphatic rings. The number of benzene rings is 2. The largest absolute Gasteiger partial charge is 0.257 e. The van der Waals surface area contributed by atoms with E-state index in [-0.39, 0.29) is 0 Å². The molecule has 2 aromatic rings. The van der Waals surface area contributed by atoms with Gasteiger partial charge in [0.2, 0.25) is 0 Å². The fraction of sp³-hybridized carbons (Fsp3) is 0.0909. The Balaban J connectivity index is 2.20. The van der Waals surface area contributed by atoms with Crippen molar-refractivity contribution >= 4 is 22.7 Å². The normalized spacial score (nSPS) is 15.8. The van der Waals surface area contributed by atoms with Crippen molar-refractivity contribution in [1.29, 1.82) is 0 Å². The topological polar surface area (TPSA) is 41.3 Å². The highest BCUT2D eigenvalue weighted by molar-refractivity contribution is 7.97. The molecule has 0 atom stereocenters. The van der Waals surface area contributed by atoms with E-state index in [2.05, 4.69) is 41.9 Å². The minimum absolute atomic E-state index is 0.845. The Hall–Kier alpha value is -1.07. The molecule has 0 saturated heterocycles. The Kier molecular flexibility index (Phi) is 2.14. The average molecular weight is 217 g/mol. The van der Waals surface area contributed by atoms with Crippen molar-refractivity contribution in [3.63, 3.8) is 0 Å². The van der Waals surface area contributed by atoms with Crippen LogP contribution in [0.15, 0.2) is 41.3 Å². The van der Waals surface area contributed by atoms with Crippen LogP contribution in [-0.2, 0) is 6.54 Å². The summed E-state index contributed by atoms with van der Waals surface area (Å²) in [7, 11) is 0. The first-order valence-electron chi connectivity index (χ1n) is 4.81. The Bertz CT molecular complexity index is 512. The van der Waals surface area contributed by atoms with E-state index in [1.807, 2.05) is 4.41 Å². The maximum Gasteiger partial charge on any atom is 0.0530 e. The van der Waals surface area contributed by atoms with Gasteiger partial charge in [-0.15, -0.1) is 0 Å². The van der Waals surface area contributed by atoms with Crippen molar-refractivity contribution < 1.29 is 0 Å². The summed E-state index contributed by atoms with van der Waals surface area (Å²) < 4.78 is 1.93. The lowest BCUT2D eigenvalue weighted by Crippen LogP contribution is -2.34. The molecule has 1 heterocycles. The molecule has 2 aromatic carbocycles. The zero-order valence-corrected chi connectivity index (χ0v) is 8.92. The van der Waals surface area contributed by atoms with Crippen molar-refractivity contribution in [3.05, 3.63) is 42.0 Å². The van der Waals surface area contributed by atoms with E-state index >= 15 is 0 Å². The molecule has 0 radical (unpaired) electrons. The van der Waals surface area contributed by atoms with Crippen molar-refractivity contribution in [2.45, 2.75) is 11.4 Å². The molecule has 76 valence electrons. The number of nitrogens with zero attached hydrogens (tertiary/aromatic N) is 1. The third kappa shape index (κ3) is 1.42. The van der Waals surface area contributed by atoms with Gasteiger partial charge in [-0.2, -0.15) is 9.95 Å². The molecule has 3 nitrogen and oxygen atoms in total. The van der Waals surface area contributed by atoms with E-state index in [0.717, 1.165) is 6.54 Å². The molecule has 0 unspecified atom stereocenters. The standard InChI is InChI=1S/C11H11N3S/c12-13-14-7-10-9-4-2-1-3-8(9)5-6-11(10)15-14/h1-6,13H,7,12H2. The molecule has 3 rings (SSSR count). The van der Waals surface area contributed by atoms with E-state index in [0.29, 0.717) is 0 Å². The van der Waals surface area contributed by atoms with E-state index in [1.165, 1.54) is 21.2 Å². The summed E-state index contributed by atoms with van der Waals surface area (Å²) in [6.45, 7) is 0.845. The summed E-state index contributed by atoms with van der Waals surface area (Å²) >= 11 is 1.65. The maximum absolute atomic E-state index is 5.41. The van der Waals surface area contributed by atoms with E-state index in [9.17, 15) is 0 Å². The average Bonchev–Trinajstić information content (AvgIpc) is 2.72. The van der Waals surface area contributed by atoms with Crippen molar-refractivity contribution in [2.24, 2.45) is 5.84 Å². The van der Waals surface area contributed by atoms with Crippen LogP contribution in [0.3, 0.4) is 0 Å². The number of fused-ring (bicyclic) bond motifs is 3. The smallest absolute Gasteiger partial charge is 0.0530 e. The third-order valence-corrected chi connectivity index (χ3v) is 3.69. The van der Waals surface area contributed by atoms with Crippen LogP contribution < -0.4 is 11.4 Å². The summed E-state index contributed by atoms with van der Waals surface area (Å²) in [6, 6.07) is 12.7. The maximum atomic E-state index is 5.41. The Morgan fingerprint density at radius 3 is 2.93 bits per heavy atom. The number of hydrogen-bond donors (Lipinski definition) is 2. The number of hydrazine groups is 2. The van der Waals surface area contributed by atoms with E-state index < -0.39 is 0 Å². The monoisotopic (exact) mass is 217 g/mol. The first-order valence-corrected chi connectivity index (χ1v) is 5.58. The summed E-state index contributed by atoms with van der Waals surface area (Å²) in [5.41, 5.74) is 4.03. The van der Waals surface area contributed by atoms with Gasteiger partial charge in [0.1, 0.15) is 0 Å². The highest BCUT2D eigenvalue weighted by Gasteiger charge is 2.20. The Morgan fingerprint density at radius 1 is 1.20 bits per heavy atom. The van der Waals surface area contributed by atoms with Gasteiger partial charge in [0, 0.05) is 4.90 Å². The number of nitrogens with two attached hydrogens (primary N) is 1. The van der Waals surface area contributed by atoms with Gasteiger partial charge in [0.15, 0.2) is 0 Å². The third-order valence-electron chi connectivity index (χ3n) is 2.65. The molecule has 1 aliphatic heterocycles. The first kappa shape index (κ1) is 9.18. The lowest BCUT2D eigenvalue weighted by atomic mass is 10.0. The fourth-order valence-corrected chi connectivity index (χ4v) is 2.83. The van der Waals surface area contributed by atoms with Crippen LogP contribution in [0.25, 0.3) is 10.8 Å². The van der Waals surface area contributed by atoms with Crippen molar-refractivity contribution in [2.75, 3.05) is 0 Å². The second kappa shape index (κ2) is 3.50. The predicted octanol–water partition coefficient (Wildman–Crippen LogP) is 2.04. The van der Waals surface area contributed by atoms with Gasteiger partial charge in [-0.3, -0.25) is 5.84 Å². The molecular weight excluding hydrogens is 206 g/mol. The summed E-state index contributed by atoms with van der Waals surface area (Å²) in [5.74, 6) is 5.41. The molecule has 0 aliphatic carbocycles. The number of hydrogen-bond acceptors (Lipinski definition) is 4. The van der Waals surface area contributed by atoms with Crippen LogP contribution in [0.1, 0.15) is 5.56 Å². The fourth-order valence-electron chi connectivity index (χ4n) is 1.93. The molecule has 15 heavy (non-hydrogen) atoms. The summed E-state index contributed by atoms with van der Waals surface area (Å²) in [5, 5.41) is 2.61. The Labute approximate surface area is 92.3 Å². The summed E-state index contributed by atoms with van der Waals surface area (Å²) in [6.07, 6.45) is 0. The number of nitrogens with one attached hydrogen (secondary N) is 1. The molecule has 0 amide bonds. The molecule has 0 spiro atoms.